The zero-order chi connectivity index (χ0) is 22.0. The fraction of sp³-hybridized carbons (Fsp3) is 0.529. The number of amides is 4. The smallest absolute Gasteiger partial charge is 0.324 e. The van der Waals surface area contributed by atoms with Gasteiger partial charge in [-0.05, 0) is 30.3 Å². The van der Waals surface area contributed by atoms with Crippen molar-refractivity contribution in [3.05, 3.63) is 36.0 Å². The van der Waals surface area contributed by atoms with Crippen LogP contribution in [-0.4, -0.2) is 58.5 Å². The van der Waals surface area contributed by atoms with E-state index < -0.39 is 0 Å². The molecule has 31 heavy (non-hydrogen) atoms. The first-order valence-electron chi connectivity index (χ1n) is 9.49. The maximum absolute atomic E-state index is 11.7. The van der Waals surface area contributed by atoms with E-state index in [9.17, 15) is 9.59 Å². The van der Waals surface area contributed by atoms with Crippen LogP contribution in [0.25, 0.3) is 0 Å². The van der Waals surface area contributed by atoms with Crippen molar-refractivity contribution in [2.45, 2.75) is 17.9 Å². The van der Waals surface area contributed by atoms with Crippen molar-refractivity contribution < 1.29 is 18.6 Å². The van der Waals surface area contributed by atoms with Gasteiger partial charge in [0.25, 0.3) is 0 Å². The predicted molar refractivity (Wildman–Crippen MR) is 128 cm³/mol. The highest BCUT2D eigenvalue weighted by atomic mass is 32.2. The van der Waals surface area contributed by atoms with Gasteiger partial charge in [0.2, 0.25) is 0 Å². The second kappa shape index (κ2) is 17.0. The zero-order valence-electron chi connectivity index (χ0n) is 16.8. The Labute approximate surface area is 198 Å². The Morgan fingerprint density at radius 2 is 1.26 bits per heavy atom. The molecule has 0 fully saturated rings. The summed E-state index contributed by atoms with van der Waals surface area (Å²) in [5, 5.41) is 13.2. The van der Waals surface area contributed by atoms with Crippen molar-refractivity contribution >= 4 is 59.5 Å². The topological polar surface area (TPSA) is 134 Å². The molecule has 0 aliphatic heterocycles. The fourth-order valence-corrected chi connectivity index (χ4v) is 5.20. The van der Waals surface area contributed by atoms with Crippen LogP contribution in [0.1, 0.15) is 17.8 Å². The Hall–Kier alpha value is -1.64. The summed E-state index contributed by atoms with van der Waals surface area (Å²) < 4.78 is 15.0. The van der Waals surface area contributed by atoms with Gasteiger partial charge in [0.05, 0.1) is 11.4 Å². The number of rotatable bonds is 16. The standard InChI is InChI=1S/C17H26N6O4S4/c24-16(22-30-10-8-28-12-14-2-6-26-20-14)18-4-1-5-19-17(25)23-31-11-9-29-13-15-3-7-27-21-15/h2-3,6-7H,1,4-5,8-13H2,(H2,18,22,24)(H2,19,23,25). The SMILES string of the molecule is O=C(NCCCNC(=O)NSCCSCc1ccon1)NSCCSCc1ccon1. The lowest BCUT2D eigenvalue weighted by atomic mass is 10.4. The van der Waals surface area contributed by atoms with E-state index in [1.165, 1.54) is 23.9 Å². The van der Waals surface area contributed by atoms with Crippen LogP contribution in [0.15, 0.2) is 33.7 Å². The van der Waals surface area contributed by atoms with Gasteiger partial charge in [-0.15, -0.1) is 0 Å². The minimum Gasteiger partial charge on any atom is -0.364 e. The third-order valence-electron chi connectivity index (χ3n) is 3.40. The average molecular weight is 507 g/mol. The van der Waals surface area contributed by atoms with Crippen molar-refractivity contribution in [1.29, 1.82) is 0 Å². The Bertz CT molecular complexity index is 660. The van der Waals surface area contributed by atoms with Gasteiger partial charge in [0.1, 0.15) is 12.5 Å². The van der Waals surface area contributed by atoms with Crippen LogP contribution in [0.2, 0.25) is 0 Å². The molecular weight excluding hydrogens is 480 g/mol. The first-order valence-corrected chi connectivity index (χ1v) is 13.8. The monoisotopic (exact) mass is 506 g/mol. The van der Waals surface area contributed by atoms with E-state index in [-0.39, 0.29) is 12.1 Å². The van der Waals surface area contributed by atoms with Crippen molar-refractivity contribution in [3.8, 4) is 0 Å². The Morgan fingerprint density at radius 3 is 1.68 bits per heavy atom. The first kappa shape index (κ1) is 25.6. The Kier molecular flexibility index (Phi) is 14.0. The average Bonchev–Trinajstić information content (AvgIpc) is 3.47. The molecule has 2 rings (SSSR count). The van der Waals surface area contributed by atoms with Gasteiger partial charge in [-0.3, -0.25) is 9.44 Å². The molecule has 0 atom stereocenters. The van der Waals surface area contributed by atoms with E-state index in [1.54, 1.807) is 36.1 Å². The summed E-state index contributed by atoms with van der Waals surface area (Å²) in [6.07, 6.45) is 3.76. The molecule has 14 heteroatoms. The molecule has 0 bridgehead atoms. The van der Waals surface area contributed by atoms with Crippen LogP contribution in [-0.2, 0) is 11.5 Å². The Balaban J connectivity index is 1.30. The minimum atomic E-state index is -0.227. The van der Waals surface area contributed by atoms with Crippen LogP contribution < -0.4 is 20.1 Å². The summed E-state index contributed by atoms with van der Waals surface area (Å²) in [7, 11) is 0. The third-order valence-corrected chi connectivity index (χ3v) is 7.37. The van der Waals surface area contributed by atoms with Gasteiger partial charge in [0, 0.05) is 59.7 Å². The molecule has 4 N–H and O–H groups in total. The maximum atomic E-state index is 11.7. The lowest BCUT2D eigenvalue weighted by Crippen LogP contribution is -2.36. The summed E-state index contributed by atoms with van der Waals surface area (Å²) in [5.41, 5.74) is 1.83. The molecule has 0 spiro atoms. The van der Waals surface area contributed by atoms with E-state index >= 15 is 0 Å². The van der Waals surface area contributed by atoms with Gasteiger partial charge >= 0.3 is 12.1 Å². The van der Waals surface area contributed by atoms with Crippen LogP contribution in [0.3, 0.4) is 0 Å². The maximum Gasteiger partial charge on any atom is 0.324 e. The van der Waals surface area contributed by atoms with E-state index in [0.29, 0.717) is 19.5 Å². The fourth-order valence-electron chi connectivity index (χ4n) is 1.98. The second-order valence-electron chi connectivity index (χ2n) is 5.85. The molecular formula is C17H26N6O4S4. The molecule has 4 amide bonds. The number of aromatic nitrogens is 2. The number of hydrogen-bond donors (Lipinski definition) is 4. The van der Waals surface area contributed by atoms with Crippen molar-refractivity contribution in [1.82, 2.24) is 30.4 Å². The predicted octanol–water partition coefficient (Wildman–Crippen LogP) is 3.11. The quantitative estimate of drug-likeness (QED) is 0.199. The molecule has 172 valence electrons. The number of urea groups is 2. The van der Waals surface area contributed by atoms with E-state index in [0.717, 1.165) is 45.9 Å². The largest absolute Gasteiger partial charge is 0.364 e. The summed E-state index contributed by atoms with van der Waals surface area (Å²) in [4.78, 5) is 23.4. The van der Waals surface area contributed by atoms with Crippen LogP contribution in [0.5, 0.6) is 0 Å². The van der Waals surface area contributed by atoms with Gasteiger partial charge in [0.15, 0.2) is 0 Å². The minimum absolute atomic E-state index is 0.227. The molecule has 2 aromatic heterocycles. The number of carbonyl (C=O) groups excluding carboxylic acids is 2. The van der Waals surface area contributed by atoms with Crippen molar-refractivity contribution in [2.75, 3.05) is 36.1 Å². The molecule has 0 aromatic carbocycles. The molecule has 0 aliphatic carbocycles. The third kappa shape index (κ3) is 13.4. The second-order valence-corrected chi connectivity index (χ2v) is 9.87. The number of carbonyl (C=O) groups is 2. The number of hydrogen-bond acceptors (Lipinski definition) is 10. The van der Waals surface area contributed by atoms with E-state index in [4.69, 9.17) is 9.05 Å². The van der Waals surface area contributed by atoms with Gasteiger partial charge in [-0.25, -0.2) is 9.59 Å². The number of nitrogens with one attached hydrogen (secondary N) is 4. The molecule has 2 aromatic rings. The molecule has 0 unspecified atom stereocenters. The van der Waals surface area contributed by atoms with E-state index in [2.05, 4.69) is 30.4 Å². The molecule has 0 aliphatic rings. The van der Waals surface area contributed by atoms with Crippen LogP contribution in [0, 0.1) is 0 Å². The van der Waals surface area contributed by atoms with Crippen LogP contribution in [0.4, 0.5) is 9.59 Å². The number of nitrogens with zero attached hydrogens (tertiary/aromatic N) is 2. The molecule has 2 heterocycles. The Morgan fingerprint density at radius 1 is 0.774 bits per heavy atom. The van der Waals surface area contributed by atoms with Gasteiger partial charge in [-0.2, -0.15) is 23.5 Å². The van der Waals surface area contributed by atoms with Crippen molar-refractivity contribution in [2.24, 2.45) is 0 Å². The lowest BCUT2D eigenvalue weighted by molar-refractivity contribution is 0.245. The highest BCUT2D eigenvalue weighted by molar-refractivity contribution is 8.02. The lowest BCUT2D eigenvalue weighted by Gasteiger charge is -2.08. The van der Waals surface area contributed by atoms with Gasteiger partial charge < -0.3 is 19.7 Å². The summed E-state index contributed by atoms with van der Waals surface area (Å²) in [6, 6.07) is 3.22. The molecule has 0 saturated carbocycles. The van der Waals surface area contributed by atoms with Crippen LogP contribution >= 0.6 is 47.4 Å². The highest BCUT2D eigenvalue weighted by Crippen LogP contribution is 2.12. The van der Waals surface area contributed by atoms with Crippen molar-refractivity contribution in [3.63, 3.8) is 0 Å². The normalized spacial score (nSPS) is 10.6. The zero-order valence-corrected chi connectivity index (χ0v) is 20.1. The first-order chi connectivity index (χ1) is 15.2. The number of thioether (sulfide) groups is 2. The summed E-state index contributed by atoms with van der Waals surface area (Å²) >= 11 is 6.18. The van der Waals surface area contributed by atoms with E-state index in [1.807, 2.05) is 12.1 Å². The highest BCUT2D eigenvalue weighted by Gasteiger charge is 2.03. The molecule has 0 saturated heterocycles. The molecule has 0 radical (unpaired) electrons. The molecule has 10 nitrogen and oxygen atoms in total. The summed E-state index contributed by atoms with van der Waals surface area (Å²) in [6.45, 7) is 0.971. The van der Waals surface area contributed by atoms with Gasteiger partial charge in [-0.1, -0.05) is 10.3 Å². The summed E-state index contributed by atoms with van der Waals surface area (Å²) in [5.74, 6) is 4.99.